The molecule has 0 amide bonds. The van der Waals surface area contributed by atoms with E-state index in [1.807, 2.05) is 0 Å². The Kier molecular flexibility index (Phi) is 7.87. The Hall–Kier alpha value is 0.350. The standard InChI is InChI=1S/C15H28INO2/c1-5-6-14-13(11(2)3)9-7-12(17(14)4)8-10-15(18)19-16/h12,14-15,18H,5-10H2,1-4H3/t12-,14?,15?/m1/s1. The van der Waals surface area contributed by atoms with Gasteiger partial charge in [-0.1, -0.05) is 24.5 Å². The fraction of sp³-hybridized carbons (Fsp3) is 0.867. The van der Waals surface area contributed by atoms with Crippen molar-refractivity contribution >= 4 is 23.0 Å². The highest BCUT2D eigenvalue weighted by molar-refractivity contribution is 14.1. The molecule has 0 aromatic heterocycles. The van der Waals surface area contributed by atoms with Gasteiger partial charge in [0.2, 0.25) is 0 Å². The van der Waals surface area contributed by atoms with Gasteiger partial charge in [0.25, 0.3) is 0 Å². The molecule has 0 aliphatic carbocycles. The van der Waals surface area contributed by atoms with Crippen LogP contribution in [0.1, 0.15) is 59.3 Å². The predicted molar refractivity (Wildman–Crippen MR) is 88.2 cm³/mol. The van der Waals surface area contributed by atoms with Gasteiger partial charge in [-0.2, -0.15) is 0 Å². The van der Waals surface area contributed by atoms with E-state index < -0.39 is 6.29 Å². The van der Waals surface area contributed by atoms with E-state index in [1.165, 1.54) is 31.3 Å². The summed E-state index contributed by atoms with van der Waals surface area (Å²) in [5, 5.41) is 9.53. The number of likely N-dealkylation sites (tertiary alicyclic amines) is 1. The highest BCUT2D eigenvalue weighted by Gasteiger charge is 2.30. The van der Waals surface area contributed by atoms with Crippen LogP contribution in [0.3, 0.4) is 0 Å². The van der Waals surface area contributed by atoms with E-state index in [1.54, 1.807) is 28.6 Å². The van der Waals surface area contributed by atoms with Crippen molar-refractivity contribution in [3.8, 4) is 0 Å². The number of halogens is 1. The first-order valence-electron chi connectivity index (χ1n) is 7.34. The molecule has 0 aromatic carbocycles. The van der Waals surface area contributed by atoms with Crippen LogP contribution in [0.5, 0.6) is 0 Å². The second kappa shape index (κ2) is 8.60. The number of rotatable bonds is 6. The highest BCUT2D eigenvalue weighted by Crippen LogP contribution is 2.33. The zero-order chi connectivity index (χ0) is 14.4. The van der Waals surface area contributed by atoms with Crippen molar-refractivity contribution in [3.63, 3.8) is 0 Å². The smallest absolute Gasteiger partial charge is 0.165 e. The van der Waals surface area contributed by atoms with Crippen LogP contribution >= 0.6 is 23.0 Å². The number of aliphatic hydroxyl groups excluding tert-OH is 1. The van der Waals surface area contributed by atoms with Gasteiger partial charge < -0.3 is 5.11 Å². The molecule has 0 radical (unpaired) electrons. The molecule has 112 valence electrons. The second-order valence-corrected chi connectivity index (χ2v) is 6.32. The molecule has 1 aliphatic rings. The van der Waals surface area contributed by atoms with Gasteiger partial charge in [-0.15, -0.1) is 0 Å². The summed E-state index contributed by atoms with van der Waals surface area (Å²) in [6.07, 6.45) is 5.98. The lowest BCUT2D eigenvalue weighted by molar-refractivity contribution is 0.000654. The summed E-state index contributed by atoms with van der Waals surface area (Å²) < 4.78 is 4.91. The molecule has 4 heteroatoms. The average molecular weight is 381 g/mol. The van der Waals surface area contributed by atoms with Gasteiger partial charge in [0.15, 0.2) is 6.29 Å². The third-order valence-electron chi connectivity index (χ3n) is 4.27. The lowest BCUT2D eigenvalue weighted by Crippen LogP contribution is -2.45. The molecule has 2 unspecified atom stereocenters. The summed E-state index contributed by atoms with van der Waals surface area (Å²) in [4.78, 5) is 2.52. The van der Waals surface area contributed by atoms with E-state index in [4.69, 9.17) is 3.07 Å². The highest BCUT2D eigenvalue weighted by atomic mass is 127. The SMILES string of the molecule is CCCC1C(=C(C)C)CC[C@H](CCC(O)OI)N1C. The summed E-state index contributed by atoms with van der Waals surface area (Å²) in [7, 11) is 2.24. The van der Waals surface area contributed by atoms with E-state index in [9.17, 15) is 5.11 Å². The maximum absolute atomic E-state index is 9.53. The number of hydrogen-bond acceptors (Lipinski definition) is 3. The van der Waals surface area contributed by atoms with E-state index in [0.717, 1.165) is 12.8 Å². The Labute approximate surface area is 132 Å². The first-order chi connectivity index (χ1) is 9.01. The topological polar surface area (TPSA) is 32.7 Å². The number of aliphatic hydroxyl groups is 1. The van der Waals surface area contributed by atoms with Gasteiger partial charge in [0.1, 0.15) is 23.0 Å². The van der Waals surface area contributed by atoms with Gasteiger partial charge in [-0.3, -0.25) is 7.97 Å². The van der Waals surface area contributed by atoms with Crippen molar-refractivity contribution in [1.29, 1.82) is 0 Å². The summed E-state index contributed by atoms with van der Waals surface area (Å²) in [5.41, 5.74) is 3.12. The third kappa shape index (κ3) is 4.99. The molecular weight excluding hydrogens is 353 g/mol. The Morgan fingerprint density at radius 3 is 2.68 bits per heavy atom. The molecule has 1 fully saturated rings. The normalized spacial score (nSPS) is 26.5. The number of nitrogens with zero attached hydrogens (tertiary/aromatic N) is 1. The first-order valence-corrected chi connectivity index (χ1v) is 8.22. The van der Waals surface area contributed by atoms with Crippen molar-refractivity contribution in [2.45, 2.75) is 77.7 Å². The molecule has 1 heterocycles. The predicted octanol–water partition coefficient (Wildman–Crippen LogP) is 4.05. The quantitative estimate of drug-likeness (QED) is 0.428. The van der Waals surface area contributed by atoms with Crippen LogP contribution in [-0.2, 0) is 3.07 Å². The lowest BCUT2D eigenvalue weighted by atomic mass is 9.85. The maximum Gasteiger partial charge on any atom is 0.165 e. The largest absolute Gasteiger partial charge is 0.367 e. The molecule has 3 atom stereocenters. The lowest BCUT2D eigenvalue weighted by Gasteiger charge is -2.42. The Balaban J connectivity index is 2.66. The van der Waals surface area contributed by atoms with Gasteiger partial charge in [-0.25, -0.2) is 0 Å². The van der Waals surface area contributed by atoms with Crippen LogP contribution in [-0.4, -0.2) is 35.4 Å². The van der Waals surface area contributed by atoms with Crippen LogP contribution < -0.4 is 0 Å². The van der Waals surface area contributed by atoms with E-state index >= 15 is 0 Å². The Morgan fingerprint density at radius 2 is 2.16 bits per heavy atom. The van der Waals surface area contributed by atoms with Gasteiger partial charge in [0.05, 0.1) is 0 Å². The zero-order valence-electron chi connectivity index (χ0n) is 12.7. The Bertz CT molecular complexity index is 303. The molecule has 1 N–H and O–H groups in total. The van der Waals surface area contributed by atoms with Crippen molar-refractivity contribution in [3.05, 3.63) is 11.1 Å². The minimum atomic E-state index is -0.622. The number of hydrogen-bond donors (Lipinski definition) is 1. The molecular formula is C15H28INO2. The minimum Gasteiger partial charge on any atom is -0.367 e. The van der Waals surface area contributed by atoms with Crippen LogP contribution in [0.4, 0.5) is 0 Å². The van der Waals surface area contributed by atoms with E-state index in [0.29, 0.717) is 12.1 Å². The third-order valence-corrected chi connectivity index (χ3v) is 4.86. The van der Waals surface area contributed by atoms with Crippen LogP contribution in [0.15, 0.2) is 11.1 Å². The fourth-order valence-electron chi connectivity index (χ4n) is 3.15. The first kappa shape index (κ1) is 17.4. The van der Waals surface area contributed by atoms with Gasteiger partial charge in [-0.05, 0) is 46.6 Å². The molecule has 1 aliphatic heterocycles. The van der Waals surface area contributed by atoms with Crippen LogP contribution in [0.25, 0.3) is 0 Å². The van der Waals surface area contributed by atoms with E-state index in [2.05, 4.69) is 32.7 Å². The van der Waals surface area contributed by atoms with Crippen molar-refractivity contribution < 1.29 is 8.17 Å². The molecule has 0 saturated carbocycles. The average Bonchev–Trinajstić information content (AvgIpc) is 2.39. The van der Waals surface area contributed by atoms with E-state index in [-0.39, 0.29) is 0 Å². The molecule has 1 saturated heterocycles. The molecule has 0 spiro atoms. The van der Waals surface area contributed by atoms with Crippen LogP contribution in [0, 0.1) is 0 Å². The summed E-state index contributed by atoms with van der Waals surface area (Å²) in [6.45, 7) is 6.73. The summed E-state index contributed by atoms with van der Waals surface area (Å²) in [6, 6.07) is 1.16. The van der Waals surface area contributed by atoms with Crippen molar-refractivity contribution in [2.24, 2.45) is 0 Å². The van der Waals surface area contributed by atoms with Crippen molar-refractivity contribution in [1.82, 2.24) is 4.90 Å². The van der Waals surface area contributed by atoms with Crippen molar-refractivity contribution in [2.75, 3.05) is 7.05 Å². The molecule has 0 bridgehead atoms. The molecule has 0 aromatic rings. The van der Waals surface area contributed by atoms with Gasteiger partial charge >= 0.3 is 0 Å². The molecule has 3 nitrogen and oxygen atoms in total. The second-order valence-electron chi connectivity index (χ2n) is 5.81. The zero-order valence-corrected chi connectivity index (χ0v) is 14.8. The summed E-state index contributed by atoms with van der Waals surface area (Å²) in [5.74, 6) is 0. The van der Waals surface area contributed by atoms with Gasteiger partial charge in [0, 0.05) is 18.5 Å². The van der Waals surface area contributed by atoms with Crippen LogP contribution in [0.2, 0.25) is 0 Å². The number of piperidine rings is 1. The fourth-order valence-corrected chi connectivity index (χ4v) is 3.41. The monoisotopic (exact) mass is 381 g/mol. The maximum atomic E-state index is 9.53. The Morgan fingerprint density at radius 1 is 1.47 bits per heavy atom. The molecule has 1 rings (SSSR count). The molecule has 19 heavy (non-hydrogen) atoms. The number of allylic oxidation sites excluding steroid dienone is 1. The minimum absolute atomic E-state index is 0.570. The number of likely N-dealkylation sites (N-methyl/N-ethyl adjacent to an activating group) is 1. The summed E-state index contributed by atoms with van der Waals surface area (Å²) >= 11 is 1.77.